The molecule has 1 aliphatic rings. The molecule has 0 aliphatic heterocycles. The Balaban J connectivity index is 2.20. The molecule has 1 aliphatic carbocycles. The third kappa shape index (κ3) is 3.02. The van der Waals surface area contributed by atoms with Gasteiger partial charge in [0.05, 0.1) is 0 Å². The minimum Gasteiger partial charge on any atom is -0.384 e. The number of nitrogens with zero attached hydrogens (tertiary/aromatic N) is 1. The minimum absolute atomic E-state index is 0.137. The molecule has 0 heterocycles. The van der Waals surface area contributed by atoms with Crippen molar-refractivity contribution in [1.29, 1.82) is 0 Å². The molecule has 0 aromatic heterocycles. The second-order valence-corrected chi connectivity index (χ2v) is 5.82. The normalized spacial score (nSPS) is 25.9. The van der Waals surface area contributed by atoms with Crippen molar-refractivity contribution >= 4 is 0 Å². The molecule has 0 unspecified atom stereocenters. The van der Waals surface area contributed by atoms with Crippen LogP contribution < -0.4 is 0 Å². The van der Waals surface area contributed by atoms with Crippen LogP contribution in [0.25, 0.3) is 0 Å². The van der Waals surface area contributed by atoms with Gasteiger partial charge in [0.25, 0.3) is 0 Å². The van der Waals surface area contributed by atoms with Gasteiger partial charge in [-0.15, -0.1) is 6.58 Å². The molecular weight excluding hydrogens is 246 g/mol. The van der Waals surface area contributed by atoms with Gasteiger partial charge in [0.15, 0.2) is 0 Å². The van der Waals surface area contributed by atoms with E-state index in [0.717, 1.165) is 37.9 Å². The summed E-state index contributed by atoms with van der Waals surface area (Å²) in [5.41, 5.74) is 1.39. The van der Waals surface area contributed by atoms with Crippen LogP contribution in [0.5, 0.6) is 0 Å². The third-order valence-electron chi connectivity index (χ3n) is 4.36. The molecule has 1 aromatic carbocycles. The van der Waals surface area contributed by atoms with Crippen molar-refractivity contribution in [2.45, 2.75) is 44.4 Å². The second-order valence-electron chi connectivity index (χ2n) is 5.82. The second kappa shape index (κ2) is 6.38. The summed E-state index contributed by atoms with van der Waals surface area (Å²) in [6, 6.07) is 10.5. The largest absolute Gasteiger partial charge is 0.384 e. The first-order valence-corrected chi connectivity index (χ1v) is 7.35. The molecule has 1 aromatic rings. The lowest BCUT2D eigenvalue weighted by Crippen LogP contribution is -2.49. The molecule has 0 bridgehead atoms. The number of aliphatic hydroxyl groups is 1. The Hall–Kier alpha value is -1.38. The molecule has 20 heavy (non-hydrogen) atoms. The van der Waals surface area contributed by atoms with Crippen LogP contribution in [0.3, 0.4) is 0 Å². The van der Waals surface area contributed by atoms with Gasteiger partial charge in [-0.3, -0.25) is 4.90 Å². The van der Waals surface area contributed by atoms with Crippen LogP contribution in [0.15, 0.2) is 55.1 Å². The SMILES string of the molecule is C=CCN(Cc1ccccc1)[C@H]1CCC[C@@]1(O)C(=C)C. The van der Waals surface area contributed by atoms with E-state index in [0.29, 0.717) is 0 Å². The average Bonchev–Trinajstić information content (AvgIpc) is 2.83. The Kier molecular flexibility index (Phi) is 4.79. The number of rotatable bonds is 6. The van der Waals surface area contributed by atoms with Crippen molar-refractivity contribution in [3.05, 3.63) is 60.7 Å². The van der Waals surface area contributed by atoms with Crippen LogP contribution in [0.2, 0.25) is 0 Å². The topological polar surface area (TPSA) is 23.5 Å². The molecule has 2 heteroatoms. The smallest absolute Gasteiger partial charge is 0.101 e. The minimum atomic E-state index is -0.752. The third-order valence-corrected chi connectivity index (χ3v) is 4.36. The van der Waals surface area contributed by atoms with Crippen LogP contribution in [0.4, 0.5) is 0 Å². The lowest BCUT2D eigenvalue weighted by Gasteiger charge is -2.38. The monoisotopic (exact) mass is 271 g/mol. The average molecular weight is 271 g/mol. The van der Waals surface area contributed by atoms with Crippen LogP contribution in [-0.4, -0.2) is 28.2 Å². The first-order valence-electron chi connectivity index (χ1n) is 7.35. The zero-order valence-corrected chi connectivity index (χ0v) is 12.4. The molecule has 2 rings (SSSR count). The van der Waals surface area contributed by atoms with E-state index >= 15 is 0 Å². The Morgan fingerprint density at radius 3 is 2.75 bits per heavy atom. The van der Waals surface area contributed by atoms with E-state index in [1.165, 1.54) is 5.56 Å². The van der Waals surface area contributed by atoms with Crippen LogP contribution in [0.1, 0.15) is 31.7 Å². The summed E-state index contributed by atoms with van der Waals surface area (Å²) in [5.74, 6) is 0. The van der Waals surface area contributed by atoms with E-state index in [1.54, 1.807) is 0 Å². The maximum atomic E-state index is 10.9. The Morgan fingerprint density at radius 2 is 2.15 bits per heavy atom. The van der Waals surface area contributed by atoms with Crippen LogP contribution >= 0.6 is 0 Å². The molecule has 0 amide bonds. The fraction of sp³-hybridized carbons (Fsp3) is 0.444. The molecule has 0 radical (unpaired) electrons. The predicted molar refractivity (Wildman–Crippen MR) is 84.5 cm³/mol. The summed E-state index contributed by atoms with van der Waals surface area (Å²) in [6.07, 6.45) is 4.80. The van der Waals surface area contributed by atoms with Gasteiger partial charge in [-0.05, 0) is 37.3 Å². The van der Waals surface area contributed by atoms with Crippen molar-refractivity contribution in [2.75, 3.05) is 6.54 Å². The van der Waals surface area contributed by atoms with E-state index in [9.17, 15) is 5.11 Å². The highest BCUT2D eigenvalue weighted by molar-refractivity contribution is 5.20. The van der Waals surface area contributed by atoms with Gasteiger partial charge in [0.1, 0.15) is 5.60 Å². The highest BCUT2D eigenvalue weighted by Gasteiger charge is 2.44. The van der Waals surface area contributed by atoms with Gasteiger partial charge in [-0.2, -0.15) is 0 Å². The number of benzene rings is 1. The highest BCUT2D eigenvalue weighted by Crippen LogP contribution is 2.38. The van der Waals surface area contributed by atoms with Crippen molar-refractivity contribution in [3.63, 3.8) is 0 Å². The van der Waals surface area contributed by atoms with E-state index in [-0.39, 0.29) is 6.04 Å². The number of hydrogen-bond acceptors (Lipinski definition) is 2. The predicted octanol–water partition coefficient (Wildman–Crippen LogP) is 3.53. The molecule has 0 spiro atoms. The zero-order valence-electron chi connectivity index (χ0n) is 12.4. The summed E-state index contributed by atoms with van der Waals surface area (Å²) in [5, 5.41) is 10.9. The molecule has 0 saturated heterocycles. The maximum absolute atomic E-state index is 10.9. The van der Waals surface area contributed by atoms with Crippen LogP contribution in [0, 0.1) is 0 Å². The van der Waals surface area contributed by atoms with Crippen molar-refractivity contribution < 1.29 is 5.11 Å². The summed E-state index contributed by atoms with van der Waals surface area (Å²) >= 11 is 0. The van der Waals surface area contributed by atoms with Gasteiger partial charge in [0.2, 0.25) is 0 Å². The van der Waals surface area contributed by atoms with Crippen molar-refractivity contribution in [1.82, 2.24) is 4.90 Å². The van der Waals surface area contributed by atoms with E-state index in [1.807, 2.05) is 19.1 Å². The fourth-order valence-electron chi connectivity index (χ4n) is 3.24. The van der Waals surface area contributed by atoms with E-state index < -0.39 is 5.60 Å². The molecule has 2 atom stereocenters. The molecular formula is C18H25NO. The number of hydrogen-bond donors (Lipinski definition) is 1. The van der Waals surface area contributed by atoms with E-state index in [2.05, 4.69) is 42.3 Å². The van der Waals surface area contributed by atoms with Gasteiger partial charge in [0, 0.05) is 19.1 Å². The highest BCUT2D eigenvalue weighted by atomic mass is 16.3. The standard InChI is InChI=1S/C18H25NO/c1-4-13-19(14-16-9-6-5-7-10-16)17-11-8-12-18(17,20)15(2)3/h4-7,9-10,17,20H,1-2,8,11-14H2,3H3/t17-,18+/m0/s1. The van der Waals surface area contributed by atoms with Crippen LogP contribution in [-0.2, 0) is 6.54 Å². The Morgan fingerprint density at radius 1 is 1.45 bits per heavy atom. The first kappa shape index (κ1) is 15.0. The molecule has 108 valence electrons. The first-order chi connectivity index (χ1) is 9.58. The quantitative estimate of drug-likeness (QED) is 0.800. The maximum Gasteiger partial charge on any atom is 0.101 e. The Labute approximate surface area is 122 Å². The summed E-state index contributed by atoms with van der Waals surface area (Å²) in [6.45, 7) is 11.4. The molecule has 1 fully saturated rings. The summed E-state index contributed by atoms with van der Waals surface area (Å²) in [7, 11) is 0. The van der Waals surface area contributed by atoms with Gasteiger partial charge in [-0.1, -0.05) is 43.0 Å². The van der Waals surface area contributed by atoms with Gasteiger partial charge in [-0.25, -0.2) is 0 Å². The summed E-state index contributed by atoms with van der Waals surface area (Å²) < 4.78 is 0. The lowest BCUT2D eigenvalue weighted by atomic mass is 9.89. The van der Waals surface area contributed by atoms with Crippen molar-refractivity contribution in [3.8, 4) is 0 Å². The fourth-order valence-corrected chi connectivity index (χ4v) is 3.24. The lowest BCUT2D eigenvalue weighted by molar-refractivity contribution is 0.00269. The van der Waals surface area contributed by atoms with Gasteiger partial charge >= 0.3 is 0 Å². The molecule has 1 N–H and O–H groups in total. The summed E-state index contributed by atoms with van der Waals surface area (Å²) in [4.78, 5) is 2.32. The molecule has 2 nitrogen and oxygen atoms in total. The van der Waals surface area contributed by atoms with E-state index in [4.69, 9.17) is 0 Å². The van der Waals surface area contributed by atoms with Crippen molar-refractivity contribution in [2.24, 2.45) is 0 Å². The Bertz CT molecular complexity index is 468. The molecule has 1 saturated carbocycles. The van der Waals surface area contributed by atoms with Gasteiger partial charge < -0.3 is 5.11 Å². The zero-order chi connectivity index (χ0) is 14.6.